The van der Waals surface area contributed by atoms with E-state index in [-0.39, 0.29) is 0 Å². The number of hydrogen-bond acceptors (Lipinski definition) is 4. The van der Waals surface area contributed by atoms with Gasteiger partial charge in [-0.2, -0.15) is 0 Å². The minimum absolute atomic E-state index is 0.695. The van der Waals surface area contributed by atoms with Crippen molar-refractivity contribution < 1.29 is 0 Å². The molecule has 0 radical (unpaired) electrons. The molecule has 0 unspecified atom stereocenters. The summed E-state index contributed by atoms with van der Waals surface area (Å²) in [6.07, 6.45) is 4.96. The van der Waals surface area contributed by atoms with Gasteiger partial charge in [-0.3, -0.25) is 0 Å². The fraction of sp³-hybridized carbons (Fsp3) is 0.800. The monoisotopic (exact) mass is 198 g/mol. The molecule has 0 aromatic rings. The van der Waals surface area contributed by atoms with Gasteiger partial charge in [-0.25, -0.2) is 5.84 Å². The second-order valence-electron chi connectivity index (χ2n) is 3.99. The van der Waals surface area contributed by atoms with Crippen LogP contribution in [0.15, 0.2) is 11.9 Å². The molecule has 0 aliphatic heterocycles. The zero-order valence-electron chi connectivity index (χ0n) is 9.16. The van der Waals surface area contributed by atoms with E-state index < -0.39 is 0 Å². The summed E-state index contributed by atoms with van der Waals surface area (Å²) in [6.45, 7) is 2.99. The molecule has 1 rings (SSSR count). The van der Waals surface area contributed by atoms with Gasteiger partial charge in [0.15, 0.2) is 0 Å². The maximum Gasteiger partial charge on any atom is 0.0443 e. The highest BCUT2D eigenvalue weighted by molar-refractivity contribution is 4.97. The average molecular weight is 198 g/mol. The number of nitrogens with zero attached hydrogens (tertiary/aromatic N) is 1. The normalized spacial score (nSPS) is 27.2. The van der Waals surface area contributed by atoms with Crippen LogP contribution in [-0.4, -0.2) is 24.6 Å². The van der Waals surface area contributed by atoms with Gasteiger partial charge in [0.2, 0.25) is 0 Å². The standard InChI is InChI=1S/C10H22N4/c1-3-10(6-11)14(12)7-8-4-9(5-8)13-2/h6,8-9,13H,3-5,7,11-12H2,1-2H3/b10-6-. The summed E-state index contributed by atoms with van der Waals surface area (Å²) >= 11 is 0. The van der Waals surface area contributed by atoms with Gasteiger partial charge < -0.3 is 16.1 Å². The molecule has 5 N–H and O–H groups in total. The molecule has 1 saturated carbocycles. The number of hydrogen-bond donors (Lipinski definition) is 3. The second-order valence-corrected chi connectivity index (χ2v) is 3.99. The molecule has 4 heteroatoms. The molecular weight excluding hydrogens is 176 g/mol. The van der Waals surface area contributed by atoms with Crippen LogP contribution in [0.3, 0.4) is 0 Å². The highest BCUT2D eigenvalue weighted by Gasteiger charge is 2.28. The molecule has 0 bridgehead atoms. The molecule has 0 saturated heterocycles. The average Bonchev–Trinajstić information content (AvgIpc) is 2.12. The Balaban J connectivity index is 2.25. The Labute approximate surface area is 86.3 Å². The highest BCUT2D eigenvalue weighted by Crippen LogP contribution is 2.28. The first-order valence-corrected chi connectivity index (χ1v) is 5.31. The van der Waals surface area contributed by atoms with Crippen molar-refractivity contribution in [3.63, 3.8) is 0 Å². The van der Waals surface area contributed by atoms with E-state index >= 15 is 0 Å². The fourth-order valence-electron chi connectivity index (χ4n) is 1.93. The Hall–Kier alpha value is -0.740. The van der Waals surface area contributed by atoms with E-state index in [0.717, 1.165) is 24.6 Å². The lowest BCUT2D eigenvalue weighted by molar-refractivity contribution is 0.169. The van der Waals surface area contributed by atoms with Crippen molar-refractivity contribution in [3.05, 3.63) is 11.9 Å². The Morgan fingerprint density at radius 2 is 2.21 bits per heavy atom. The molecule has 0 heterocycles. The lowest BCUT2D eigenvalue weighted by Gasteiger charge is -2.38. The van der Waals surface area contributed by atoms with Crippen LogP contribution in [0.2, 0.25) is 0 Å². The Morgan fingerprint density at radius 1 is 1.57 bits per heavy atom. The fourth-order valence-corrected chi connectivity index (χ4v) is 1.93. The summed E-state index contributed by atoms with van der Waals surface area (Å²) in [7, 11) is 2.01. The molecule has 4 nitrogen and oxygen atoms in total. The lowest BCUT2D eigenvalue weighted by atomic mass is 9.80. The predicted octanol–water partition coefficient (Wildman–Crippen LogP) is 0.370. The molecular formula is C10H22N4. The predicted molar refractivity (Wildman–Crippen MR) is 59.0 cm³/mol. The largest absolute Gasteiger partial charge is 0.403 e. The second kappa shape index (κ2) is 5.22. The van der Waals surface area contributed by atoms with Crippen molar-refractivity contribution in [2.75, 3.05) is 13.6 Å². The minimum atomic E-state index is 0.695. The van der Waals surface area contributed by atoms with Crippen LogP contribution in [0.1, 0.15) is 26.2 Å². The third-order valence-corrected chi connectivity index (χ3v) is 3.02. The molecule has 0 spiro atoms. The van der Waals surface area contributed by atoms with Crippen LogP contribution in [0.5, 0.6) is 0 Å². The van der Waals surface area contributed by atoms with Crippen molar-refractivity contribution in [1.82, 2.24) is 10.3 Å². The van der Waals surface area contributed by atoms with Crippen LogP contribution < -0.4 is 16.9 Å². The molecule has 0 aromatic carbocycles. The molecule has 82 valence electrons. The molecule has 1 aliphatic carbocycles. The van der Waals surface area contributed by atoms with E-state index in [2.05, 4.69) is 12.2 Å². The van der Waals surface area contributed by atoms with Gasteiger partial charge in [-0.15, -0.1) is 0 Å². The van der Waals surface area contributed by atoms with Crippen molar-refractivity contribution in [3.8, 4) is 0 Å². The van der Waals surface area contributed by atoms with Gasteiger partial charge in [0, 0.05) is 24.5 Å². The van der Waals surface area contributed by atoms with Crippen LogP contribution in [-0.2, 0) is 0 Å². The summed E-state index contributed by atoms with van der Waals surface area (Å²) < 4.78 is 0. The first kappa shape index (κ1) is 11.3. The Kier molecular flexibility index (Phi) is 4.22. The molecule has 0 amide bonds. The summed E-state index contributed by atoms with van der Waals surface area (Å²) in [4.78, 5) is 0. The first-order valence-electron chi connectivity index (χ1n) is 5.31. The zero-order chi connectivity index (χ0) is 10.6. The van der Waals surface area contributed by atoms with Gasteiger partial charge in [-0.05, 0) is 32.2 Å². The number of nitrogens with two attached hydrogens (primary N) is 2. The smallest absolute Gasteiger partial charge is 0.0443 e. The zero-order valence-corrected chi connectivity index (χ0v) is 9.16. The minimum Gasteiger partial charge on any atom is -0.403 e. The van der Waals surface area contributed by atoms with Gasteiger partial charge in [0.05, 0.1) is 0 Å². The van der Waals surface area contributed by atoms with Crippen molar-refractivity contribution in [1.29, 1.82) is 0 Å². The van der Waals surface area contributed by atoms with E-state index in [4.69, 9.17) is 11.6 Å². The maximum absolute atomic E-state index is 5.90. The number of hydrazine groups is 1. The van der Waals surface area contributed by atoms with Crippen molar-refractivity contribution >= 4 is 0 Å². The highest BCUT2D eigenvalue weighted by atomic mass is 15.4. The van der Waals surface area contributed by atoms with E-state index in [1.807, 2.05) is 7.05 Å². The molecule has 1 aliphatic rings. The Bertz CT molecular complexity index is 196. The third kappa shape index (κ3) is 2.62. The van der Waals surface area contributed by atoms with E-state index in [1.54, 1.807) is 11.2 Å². The summed E-state index contributed by atoms with van der Waals surface area (Å²) in [5.74, 6) is 6.62. The van der Waals surface area contributed by atoms with Gasteiger partial charge >= 0.3 is 0 Å². The van der Waals surface area contributed by atoms with Crippen molar-refractivity contribution in [2.45, 2.75) is 32.2 Å². The third-order valence-electron chi connectivity index (χ3n) is 3.02. The maximum atomic E-state index is 5.90. The molecule has 0 atom stereocenters. The summed E-state index contributed by atoms with van der Waals surface area (Å²) in [5.41, 5.74) is 6.50. The van der Waals surface area contributed by atoms with Crippen LogP contribution in [0.4, 0.5) is 0 Å². The summed E-state index contributed by atoms with van der Waals surface area (Å²) in [5, 5.41) is 5.05. The van der Waals surface area contributed by atoms with E-state index in [9.17, 15) is 0 Å². The number of rotatable bonds is 5. The Morgan fingerprint density at radius 3 is 2.64 bits per heavy atom. The topological polar surface area (TPSA) is 67.3 Å². The molecule has 1 fully saturated rings. The lowest BCUT2D eigenvalue weighted by Crippen LogP contribution is -2.46. The van der Waals surface area contributed by atoms with Gasteiger partial charge in [0.25, 0.3) is 0 Å². The van der Waals surface area contributed by atoms with Crippen LogP contribution in [0, 0.1) is 5.92 Å². The molecule has 0 aromatic heterocycles. The van der Waals surface area contributed by atoms with E-state index in [0.29, 0.717) is 6.04 Å². The van der Waals surface area contributed by atoms with Crippen LogP contribution >= 0.6 is 0 Å². The SMILES string of the molecule is CC/C(=C/N)N(N)CC1CC(NC)C1. The van der Waals surface area contributed by atoms with Crippen molar-refractivity contribution in [2.24, 2.45) is 17.5 Å². The van der Waals surface area contributed by atoms with Crippen LogP contribution in [0.25, 0.3) is 0 Å². The first-order chi connectivity index (χ1) is 6.71. The number of allylic oxidation sites excluding steroid dienone is 1. The quantitative estimate of drug-likeness (QED) is 0.441. The number of nitrogens with one attached hydrogen (secondary N) is 1. The van der Waals surface area contributed by atoms with E-state index in [1.165, 1.54) is 12.8 Å². The van der Waals surface area contributed by atoms with Gasteiger partial charge in [0.1, 0.15) is 0 Å². The summed E-state index contributed by atoms with van der Waals surface area (Å²) in [6, 6.07) is 0.695. The molecule has 14 heavy (non-hydrogen) atoms. The van der Waals surface area contributed by atoms with Gasteiger partial charge in [-0.1, -0.05) is 6.92 Å².